The van der Waals surface area contributed by atoms with E-state index in [1.165, 1.54) is 32.1 Å². The van der Waals surface area contributed by atoms with Gasteiger partial charge in [0.2, 0.25) is 0 Å². The molecule has 1 aliphatic rings. The number of esters is 2. The first kappa shape index (κ1) is 54.6. The van der Waals surface area contributed by atoms with E-state index in [-0.39, 0.29) is 12.8 Å². The summed E-state index contributed by atoms with van der Waals surface area (Å²) in [6, 6.07) is 0. The lowest BCUT2D eigenvalue weighted by Gasteiger charge is -2.41. The molecule has 0 saturated heterocycles. The van der Waals surface area contributed by atoms with Crippen LogP contribution in [0.5, 0.6) is 0 Å². The summed E-state index contributed by atoms with van der Waals surface area (Å²) in [5.74, 6) is -1.15. The molecule has 13 nitrogen and oxygen atoms in total. The van der Waals surface area contributed by atoms with Gasteiger partial charge in [0.15, 0.2) is 6.10 Å². The zero-order chi connectivity index (χ0) is 43.6. The van der Waals surface area contributed by atoms with Crippen LogP contribution in [0.4, 0.5) is 0 Å². The van der Waals surface area contributed by atoms with Gasteiger partial charge in [-0.2, -0.15) is 0 Å². The Morgan fingerprint density at radius 2 is 0.949 bits per heavy atom. The van der Waals surface area contributed by atoms with Gasteiger partial charge in [0, 0.05) is 12.8 Å². The van der Waals surface area contributed by atoms with Gasteiger partial charge in [-0.1, -0.05) is 126 Å². The number of ether oxygens (including phenoxy) is 2. The molecule has 0 aromatic carbocycles. The van der Waals surface area contributed by atoms with Crippen molar-refractivity contribution in [3.63, 3.8) is 0 Å². The molecule has 14 heteroatoms. The highest BCUT2D eigenvalue weighted by Crippen LogP contribution is 2.47. The molecule has 0 aliphatic heterocycles. The lowest BCUT2D eigenvalue weighted by Crippen LogP contribution is -2.64. The first-order valence-corrected chi connectivity index (χ1v) is 23.6. The standard InChI is InChI=1S/C45H77O13P/c1-3-5-7-9-11-13-15-17-18-19-20-22-24-26-28-30-32-34-39(47)57-37(36-56-59(53,54)58-45-43(51)41(49)40(48)42(50)44(45)52)35-55-38(46)33-31-29-27-25-23-21-16-14-12-10-8-6-4-2/h7,9,13-16,18-19,22,24,37,40-45,48-52H,3-6,8,10-12,17,20-21,23,25-36H2,1-2H3,(H,53,54)/b9-7+,15-13+,16-14+,19-18+,24-22+/t37-,40?,41+,42?,43?,44?,45?/m1/s1. The van der Waals surface area contributed by atoms with Crippen LogP contribution in [0.15, 0.2) is 60.8 Å². The number of unbranched alkanes of at least 4 members (excludes halogenated alkanes) is 13. The Morgan fingerprint density at radius 3 is 1.49 bits per heavy atom. The van der Waals surface area contributed by atoms with Crippen molar-refractivity contribution < 1.29 is 63.1 Å². The lowest BCUT2D eigenvalue weighted by atomic mass is 9.85. The van der Waals surface area contributed by atoms with E-state index in [2.05, 4.69) is 74.6 Å². The second-order valence-corrected chi connectivity index (χ2v) is 16.6. The van der Waals surface area contributed by atoms with E-state index in [1.807, 2.05) is 0 Å². The zero-order valence-electron chi connectivity index (χ0n) is 35.8. The van der Waals surface area contributed by atoms with Gasteiger partial charge in [-0.05, 0) is 77.0 Å². The third kappa shape index (κ3) is 27.9. The fourth-order valence-corrected chi connectivity index (χ4v) is 7.18. The van der Waals surface area contributed by atoms with Crippen LogP contribution in [-0.2, 0) is 32.7 Å². The molecule has 6 unspecified atom stereocenters. The van der Waals surface area contributed by atoms with E-state index < -0.39 is 75.7 Å². The highest BCUT2D eigenvalue weighted by Gasteiger charge is 2.51. The molecule has 340 valence electrons. The van der Waals surface area contributed by atoms with E-state index in [9.17, 15) is 44.6 Å². The van der Waals surface area contributed by atoms with Crippen LogP contribution in [0.1, 0.15) is 155 Å². The third-order valence-corrected chi connectivity index (χ3v) is 10.8. The molecule has 1 aliphatic carbocycles. The van der Waals surface area contributed by atoms with Gasteiger partial charge in [0.25, 0.3) is 0 Å². The van der Waals surface area contributed by atoms with Crippen LogP contribution in [0.3, 0.4) is 0 Å². The molecule has 0 aromatic heterocycles. The van der Waals surface area contributed by atoms with Gasteiger partial charge in [0.05, 0.1) is 6.61 Å². The molecular weight excluding hydrogens is 779 g/mol. The Hall–Kier alpha value is -2.45. The summed E-state index contributed by atoms with van der Waals surface area (Å²) < 4.78 is 33.4. The summed E-state index contributed by atoms with van der Waals surface area (Å²) in [4.78, 5) is 35.6. The monoisotopic (exact) mass is 857 g/mol. The summed E-state index contributed by atoms with van der Waals surface area (Å²) in [5.41, 5.74) is 0. The van der Waals surface area contributed by atoms with Gasteiger partial charge < -0.3 is 39.9 Å². The minimum Gasteiger partial charge on any atom is -0.462 e. The molecule has 0 spiro atoms. The molecule has 1 rings (SSSR count). The molecule has 1 fully saturated rings. The maximum atomic E-state index is 12.8. The Bertz CT molecular complexity index is 1270. The molecule has 0 heterocycles. The van der Waals surface area contributed by atoms with Crippen molar-refractivity contribution in [3.8, 4) is 0 Å². The smallest absolute Gasteiger partial charge is 0.462 e. The van der Waals surface area contributed by atoms with Crippen molar-refractivity contribution in [2.45, 2.75) is 198 Å². The van der Waals surface area contributed by atoms with Crippen molar-refractivity contribution in [3.05, 3.63) is 60.8 Å². The van der Waals surface area contributed by atoms with Gasteiger partial charge in [-0.3, -0.25) is 18.6 Å². The number of hydrogen-bond acceptors (Lipinski definition) is 12. The first-order chi connectivity index (χ1) is 28.4. The quantitative estimate of drug-likeness (QED) is 0.0154. The summed E-state index contributed by atoms with van der Waals surface area (Å²) in [7, 11) is -5.13. The number of allylic oxidation sites excluding steroid dienone is 10. The van der Waals surface area contributed by atoms with Crippen LogP contribution < -0.4 is 0 Å². The number of carbonyl (C=O) groups excluding carboxylic acids is 2. The largest absolute Gasteiger partial charge is 0.472 e. The second-order valence-electron chi connectivity index (χ2n) is 15.2. The number of phosphoric acid groups is 1. The molecule has 0 amide bonds. The predicted octanol–water partition coefficient (Wildman–Crippen LogP) is 8.16. The molecule has 6 N–H and O–H groups in total. The molecule has 0 aromatic rings. The Morgan fingerprint density at radius 1 is 0.525 bits per heavy atom. The van der Waals surface area contributed by atoms with Crippen LogP contribution >= 0.6 is 7.82 Å². The molecule has 1 saturated carbocycles. The van der Waals surface area contributed by atoms with Crippen LogP contribution in [0.2, 0.25) is 0 Å². The summed E-state index contributed by atoms with van der Waals surface area (Å²) in [6.07, 6.45) is 28.5. The third-order valence-electron chi connectivity index (χ3n) is 9.81. The molecule has 0 bridgehead atoms. The number of rotatable bonds is 35. The average molecular weight is 857 g/mol. The van der Waals surface area contributed by atoms with Crippen molar-refractivity contribution in [1.29, 1.82) is 0 Å². The van der Waals surface area contributed by atoms with E-state index in [0.29, 0.717) is 12.8 Å². The number of aliphatic hydroxyl groups is 5. The fraction of sp³-hybridized carbons (Fsp3) is 0.733. The molecule has 59 heavy (non-hydrogen) atoms. The van der Waals surface area contributed by atoms with E-state index in [4.69, 9.17) is 18.5 Å². The Balaban J connectivity index is 2.52. The minimum absolute atomic E-state index is 0.0550. The summed E-state index contributed by atoms with van der Waals surface area (Å²) >= 11 is 0. The normalized spacial score (nSPS) is 22.9. The van der Waals surface area contributed by atoms with Gasteiger partial charge >= 0.3 is 19.8 Å². The SMILES string of the molecule is CCC/C=C/C/C=C/C/C=C/C/C=C/CCCCCC(=O)O[C@H](COC(=O)CCCCCCC/C=C/CCCCCC)COP(=O)(O)OC1C(O)C(O)C(O)[C@H](O)C1O. The minimum atomic E-state index is -5.13. The van der Waals surface area contributed by atoms with E-state index >= 15 is 0 Å². The van der Waals surface area contributed by atoms with E-state index in [1.54, 1.807) is 0 Å². The molecule has 0 radical (unpaired) electrons. The highest BCUT2D eigenvalue weighted by atomic mass is 31.2. The van der Waals surface area contributed by atoms with Crippen LogP contribution in [0, 0.1) is 0 Å². The fourth-order valence-electron chi connectivity index (χ4n) is 6.21. The van der Waals surface area contributed by atoms with Crippen molar-refractivity contribution in [2.75, 3.05) is 13.2 Å². The zero-order valence-corrected chi connectivity index (χ0v) is 36.7. The predicted molar refractivity (Wildman–Crippen MR) is 230 cm³/mol. The molecule has 8 atom stereocenters. The summed E-state index contributed by atoms with van der Waals surface area (Å²) in [5, 5.41) is 50.1. The lowest BCUT2D eigenvalue weighted by molar-refractivity contribution is -0.220. The maximum absolute atomic E-state index is 12.8. The second kappa shape index (κ2) is 35.2. The maximum Gasteiger partial charge on any atom is 0.472 e. The topological polar surface area (TPSA) is 210 Å². The van der Waals surface area contributed by atoms with Crippen molar-refractivity contribution in [2.24, 2.45) is 0 Å². The molecular formula is C45H77O13P. The number of phosphoric ester groups is 1. The Kier molecular flexibility index (Phi) is 32.5. The number of aliphatic hydroxyl groups excluding tert-OH is 5. The van der Waals surface area contributed by atoms with Crippen LogP contribution in [-0.4, -0.2) is 98.3 Å². The van der Waals surface area contributed by atoms with Gasteiger partial charge in [0.1, 0.15) is 43.2 Å². The van der Waals surface area contributed by atoms with Crippen molar-refractivity contribution >= 4 is 19.8 Å². The van der Waals surface area contributed by atoms with Gasteiger partial charge in [-0.15, -0.1) is 0 Å². The summed E-state index contributed by atoms with van der Waals surface area (Å²) in [6.45, 7) is 3.16. The Labute approximate surface area is 353 Å². The number of carbonyl (C=O) groups is 2. The van der Waals surface area contributed by atoms with E-state index in [0.717, 1.165) is 83.5 Å². The first-order valence-electron chi connectivity index (χ1n) is 22.1. The van der Waals surface area contributed by atoms with Gasteiger partial charge in [-0.25, -0.2) is 4.57 Å². The van der Waals surface area contributed by atoms with Crippen LogP contribution in [0.25, 0.3) is 0 Å². The highest BCUT2D eigenvalue weighted by molar-refractivity contribution is 7.47. The number of hydrogen-bond donors (Lipinski definition) is 6. The van der Waals surface area contributed by atoms with Crippen molar-refractivity contribution in [1.82, 2.24) is 0 Å². The average Bonchev–Trinajstić information content (AvgIpc) is 3.21.